The van der Waals surface area contributed by atoms with Crippen LogP contribution < -0.4 is 0 Å². The summed E-state index contributed by atoms with van der Waals surface area (Å²) in [5.74, 6) is 0. The number of rotatable bonds is 2. The second-order valence-electron chi connectivity index (χ2n) is 1.85. The Bertz CT molecular complexity index is 176. The maximum Gasteiger partial charge on any atom is 0.441 e. The minimum absolute atomic E-state index is 0.365. The molecule has 78 valence electrons. The molecule has 0 N–H and O–H groups in total. The van der Waals surface area contributed by atoms with Crippen molar-refractivity contribution in [2.45, 2.75) is 19.3 Å². The highest BCUT2D eigenvalue weighted by molar-refractivity contribution is 5.94. The molecule has 0 saturated heterocycles. The predicted octanol–water partition coefficient (Wildman–Crippen LogP) is 2.50. The Balaban J connectivity index is 4.78. The van der Waals surface area contributed by atoms with Crippen LogP contribution in [0.2, 0.25) is 0 Å². The molecule has 0 aromatic carbocycles. The summed E-state index contributed by atoms with van der Waals surface area (Å²) >= 11 is 0. The van der Waals surface area contributed by atoms with Crippen molar-refractivity contribution in [2.75, 3.05) is 6.61 Å². The summed E-state index contributed by atoms with van der Waals surface area (Å²) in [5, 5.41) is 1.95. The monoisotopic (exact) mass is 209 g/mol. The quantitative estimate of drug-likeness (QED) is 0.389. The van der Waals surface area contributed by atoms with Gasteiger partial charge in [0.15, 0.2) is 0 Å². The smallest absolute Gasteiger partial charge is 0.396 e. The molecule has 0 bridgehead atoms. The summed E-state index contributed by atoms with van der Waals surface area (Å²) in [5.41, 5.74) is -2.89. The van der Waals surface area contributed by atoms with Gasteiger partial charge in [0.1, 0.15) is 6.61 Å². The van der Waals surface area contributed by atoms with Crippen molar-refractivity contribution in [3.05, 3.63) is 0 Å². The molecule has 0 rings (SSSR count). The van der Waals surface area contributed by atoms with Gasteiger partial charge in [-0.25, -0.2) is 0 Å². The molecule has 0 spiro atoms. The number of nitrogens with zero attached hydrogens (tertiary/aromatic N) is 1. The summed E-state index contributed by atoms with van der Waals surface area (Å²) < 4.78 is 69.7. The summed E-state index contributed by atoms with van der Waals surface area (Å²) in [7, 11) is 0. The van der Waals surface area contributed by atoms with E-state index in [0.717, 1.165) is 0 Å². The molecule has 0 atom stereocenters. The van der Waals surface area contributed by atoms with Crippen LogP contribution >= 0.6 is 0 Å². The second kappa shape index (κ2) is 3.84. The highest BCUT2D eigenvalue weighted by Crippen LogP contribution is 2.30. The van der Waals surface area contributed by atoms with Crippen molar-refractivity contribution in [1.82, 2.24) is 0 Å². The maximum atomic E-state index is 11.6. The van der Waals surface area contributed by atoms with Gasteiger partial charge >= 0.3 is 12.4 Å². The number of hydrogen-bond acceptors (Lipinski definition) is 2. The van der Waals surface area contributed by atoms with Crippen LogP contribution in [0.15, 0.2) is 5.16 Å². The third-order valence-electron chi connectivity index (χ3n) is 0.822. The summed E-state index contributed by atoms with van der Waals surface area (Å²) in [6.45, 7) is 0.851. The van der Waals surface area contributed by atoms with Crippen LogP contribution in [-0.2, 0) is 4.84 Å². The van der Waals surface area contributed by atoms with Gasteiger partial charge in [0, 0.05) is 0 Å². The largest absolute Gasteiger partial charge is 0.441 e. The van der Waals surface area contributed by atoms with Crippen molar-refractivity contribution in [3.63, 3.8) is 0 Å². The van der Waals surface area contributed by atoms with Crippen LogP contribution in [0.4, 0.5) is 26.3 Å². The van der Waals surface area contributed by atoms with E-state index in [0.29, 0.717) is 0 Å². The fourth-order valence-corrected chi connectivity index (χ4v) is 0.393. The lowest BCUT2D eigenvalue weighted by molar-refractivity contribution is -0.122. The highest BCUT2D eigenvalue weighted by atomic mass is 19.4. The molecule has 0 fully saturated rings. The first-order valence-electron chi connectivity index (χ1n) is 3.04. The van der Waals surface area contributed by atoms with Gasteiger partial charge in [0.2, 0.25) is 0 Å². The lowest BCUT2D eigenvalue weighted by Gasteiger charge is -2.12. The van der Waals surface area contributed by atoms with E-state index in [1.165, 1.54) is 6.92 Å². The summed E-state index contributed by atoms with van der Waals surface area (Å²) in [6.07, 6.45) is -11.1. The lowest BCUT2D eigenvalue weighted by Crippen LogP contribution is -2.37. The normalized spacial score (nSPS) is 12.5. The van der Waals surface area contributed by atoms with Crippen molar-refractivity contribution in [1.29, 1.82) is 0 Å². The van der Waals surface area contributed by atoms with E-state index >= 15 is 0 Å². The average molecular weight is 209 g/mol. The zero-order chi connectivity index (χ0) is 10.7. The Labute approximate surface area is 69.2 Å². The first-order chi connectivity index (χ1) is 5.69. The Morgan fingerprint density at radius 3 is 1.69 bits per heavy atom. The van der Waals surface area contributed by atoms with E-state index < -0.39 is 18.1 Å². The maximum absolute atomic E-state index is 11.6. The van der Waals surface area contributed by atoms with Crippen molar-refractivity contribution in [3.8, 4) is 0 Å². The fourth-order valence-electron chi connectivity index (χ4n) is 0.393. The molecule has 0 unspecified atom stereocenters. The Morgan fingerprint density at radius 1 is 1.08 bits per heavy atom. The van der Waals surface area contributed by atoms with Crippen molar-refractivity contribution < 1.29 is 31.2 Å². The second-order valence-corrected chi connectivity index (χ2v) is 1.85. The molecule has 0 saturated carbocycles. The predicted molar refractivity (Wildman–Crippen MR) is 31.2 cm³/mol. The van der Waals surface area contributed by atoms with Crippen molar-refractivity contribution >= 4 is 5.71 Å². The molecule has 0 heterocycles. The molecule has 0 aromatic heterocycles. The average Bonchev–Trinajstić information content (AvgIpc) is 1.81. The zero-order valence-electron chi connectivity index (χ0n) is 6.33. The van der Waals surface area contributed by atoms with E-state index in [4.69, 9.17) is 0 Å². The third-order valence-corrected chi connectivity index (χ3v) is 0.822. The van der Waals surface area contributed by atoms with Gasteiger partial charge in [-0.05, 0) is 6.92 Å². The topological polar surface area (TPSA) is 21.6 Å². The third kappa shape index (κ3) is 4.00. The molecule has 13 heavy (non-hydrogen) atoms. The van der Waals surface area contributed by atoms with E-state index in [1.54, 1.807) is 0 Å². The van der Waals surface area contributed by atoms with Gasteiger partial charge in [0.05, 0.1) is 0 Å². The van der Waals surface area contributed by atoms with E-state index in [9.17, 15) is 26.3 Å². The van der Waals surface area contributed by atoms with Gasteiger partial charge in [-0.2, -0.15) is 26.3 Å². The van der Waals surface area contributed by atoms with Gasteiger partial charge in [-0.15, -0.1) is 0 Å². The van der Waals surface area contributed by atoms with Gasteiger partial charge in [-0.1, -0.05) is 5.16 Å². The molecule has 0 aliphatic heterocycles. The minimum Gasteiger partial charge on any atom is -0.396 e. The Hall–Kier alpha value is -0.950. The first kappa shape index (κ1) is 12.0. The minimum atomic E-state index is -5.55. The molecule has 0 aromatic rings. The molecule has 0 radical (unpaired) electrons. The van der Waals surface area contributed by atoms with Crippen LogP contribution in [0.1, 0.15) is 6.92 Å². The standard InChI is InChI=1S/C5H5F6NO/c1-2-13-12-3(4(6,7)8)5(9,10)11/h2H2,1H3. The Morgan fingerprint density at radius 2 is 1.46 bits per heavy atom. The fraction of sp³-hybridized carbons (Fsp3) is 0.800. The van der Waals surface area contributed by atoms with Gasteiger partial charge in [-0.3, -0.25) is 0 Å². The molecule has 0 aliphatic carbocycles. The first-order valence-corrected chi connectivity index (χ1v) is 3.04. The van der Waals surface area contributed by atoms with Gasteiger partial charge < -0.3 is 4.84 Å². The SMILES string of the molecule is CCON=C(C(F)(F)F)C(F)(F)F. The molecular formula is C5H5F6NO. The molecule has 2 nitrogen and oxygen atoms in total. The number of halogens is 6. The highest BCUT2D eigenvalue weighted by Gasteiger charge is 2.54. The van der Waals surface area contributed by atoms with Crippen LogP contribution in [-0.4, -0.2) is 24.7 Å². The van der Waals surface area contributed by atoms with Gasteiger partial charge in [0.25, 0.3) is 5.71 Å². The van der Waals surface area contributed by atoms with Crippen LogP contribution in [0, 0.1) is 0 Å². The molecule has 8 heteroatoms. The number of alkyl halides is 6. The summed E-state index contributed by atoms with van der Waals surface area (Å²) in [6, 6.07) is 0. The zero-order valence-corrected chi connectivity index (χ0v) is 6.33. The van der Waals surface area contributed by atoms with E-state index in [2.05, 4.69) is 4.84 Å². The van der Waals surface area contributed by atoms with Crippen LogP contribution in [0.3, 0.4) is 0 Å². The molecule has 0 aliphatic rings. The lowest BCUT2D eigenvalue weighted by atomic mass is 10.3. The summed E-state index contributed by atoms with van der Waals surface area (Å²) in [4.78, 5) is 3.70. The number of oxime groups is 1. The number of hydrogen-bond donors (Lipinski definition) is 0. The van der Waals surface area contributed by atoms with E-state index in [1.807, 2.05) is 5.16 Å². The van der Waals surface area contributed by atoms with Crippen LogP contribution in [0.25, 0.3) is 0 Å². The molecule has 0 amide bonds. The van der Waals surface area contributed by atoms with Crippen molar-refractivity contribution in [2.24, 2.45) is 5.16 Å². The molecular weight excluding hydrogens is 204 g/mol. The Kier molecular flexibility index (Phi) is 3.56. The van der Waals surface area contributed by atoms with E-state index in [-0.39, 0.29) is 6.61 Å². The van der Waals surface area contributed by atoms with Crippen LogP contribution in [0.5, 0.6) is 0 Å².